The van der Waals surface area contributed by atoms with E-state index in [1.54, 1.807) is 6.92 Å². The molecule has 1 atom stereocenters. The fourth-order valence-electron chi connectivity index (χ4n) is 1.68. The van der Waals surface area contributed by atoms with Crippen LogP contribution in [0.3, 0.4) is 0 Å². The largest absolute Gasteiger partial charge is 0.501 e. The molecule has 8 heteroatoms. The molecule has 4 nitrogen and oxygen atoms in total. The first-order valence-electron chi connectivity index (χ1n) is 5.37. The van der Waals surface area contributed by atoms with Crippen LogP contribution >= 0.6 is 0 Å². The molecule has 18 heavy (non-hydrogen) atoms. The SMILES string of the molecule is CCOC(=O)C1CC=C(S(=O)(=O)C(F)(F)F)CC1. The average Bonchev–Trinajstić information content (AvgIpc) is 2.28. The number of halogens is 3. The van der Waals surface area contributed by atoms with E-state index in [1.807, 2.05) is 0 Å². The molecular formula is C10H13F3O4S. The molecule has 0 aromatic heterocycles. The molecule has 0 saturated carbocycles. The highest BCUT2D eigenvalue weighted by atomic mass is 32.2. The lowest BCUT2D eigenvalue weighted by Crippen LogP contribution is -2.28. The van der Waals surface area contributed by atoms with E-state index in [0.717, 1.165) is 6.08 Å². The third kappa shape index (κ3) is 3.04. The molecule has 1 aliphatic rings. The van der Waals surface area contributed by atoms with E-state index in [0.29, 0.717) is 0 Å². The summed E-state index contributed by atoms with van der Waals surface area (Å²) in [4.78, 5) is 10.7. The highest BCUT2D eigenvalue weighted by molar-refractivity contribution is 7.96. The molecule has 1 rings (SSSR count). The van der Waals surface area contributed by atoms with Crippen molar-refractivity contribution in [3.63, 3.8) is 0 Å². The first kappa shape index (κ1) is 15.0. The van der Waals surface area contributed by atoms with E-state index in [9.17, 15) is 26.4 Å². The summed E-state index contributed by atoms with van der Waals surface area (Å²) in [6, 6.07) is 0. The summed E-state index contributed by atoms with van der Waals surface area (Å²) in [7, 11) is -5.25. The molecule has 0 bridgehead atoms. The Bertz CT molecular complexity index is 450. The summed E-state index contributed by atoms with van der Waals surface area (Å²) in [5.41, 5.74) is -5.28. The minimum Gasteiger partial charge on any atom is -0.466 e. The van der Waals surface area contributed by atoms with Crippen LogP contribution in [0.4, 0.5) is 13.2 Å². The number of hydrogen-bond donors (Lipinski definition) is 0. The minimum atomic E-state index is -5.28. The van der Waals surface area contributed by atoms with Gasteiger partial charge >= 0.3 is 11.5 Å². The zero-order valence-corrected chi connectivity index (χ0v) is 10.5. The van der Waals surface area contributed by atoms with Crippen molar-refractivity contribution >= 4 is 15.8 Å². The van der Waals surface area contributed by atoms with Crippen LogP contribution in [0, 0.1) is 5.92 Å². The molecule has 0 N–H and O–H groups in total. The Balaban J connectivity index is 2.80. The maximum atomic E-state index is 12.3. The third-order valence-corrected chi connectivity index (χ3v) is 4.31. The van der Waals surface area contributed by atoms with Crippen LogP contribution in [0.15, 0.2) is 11.0 Å². The number of rotatable bonds is 3. The van der Waals surface area contributed by atoms with E-state index in [1.165, 1.54) is 0 Å². The Labute approximate surface area is 103 Å². The van der Waals surface area contributed by atoms with Gasteiger partial charge in [-0.05, 0) is 26.2 Å². The van der Waals surface area contributed by atoms with Gasteiger partial charge in [0.1, 0.15) is 0 Å². The lowest BCUT2D eigenvalue weighted by Gasteiger charge is -2.20. The van der Waals surface area contributed by atoms with E-state index in [2.05, 4.69) is 0 Å². The number of sulfone groups is 1. The molecule has 0 aliphatic heterocycles. The van der Waals surface area contributed by atoms with Crippen LogP contribution in [-0.4, -0.2) is 26.5 Å². The summed E-state index contributed by atoms with van der Waals surface area (Å²) in [5.74, 6) is -1.06. The molecule has 1 unspecified atom stereocenters. The van der Waals surface area contributed by atoms with Gasteiger partial charge in [0.05, 0.1) is 12.5 Å². The van der Waals surface area contributed by atoms with Gasteiger partial charge in [0.25, 0.3) is 9.84 Å². The highest BCUT2D eigenvalue weighted by Gasteiger charge is 2.48. The fraction of sp³-hybridized carbons (Fsp3) is 0.700. The number of alkyl halides is 3. The summed E-state index contributed by atoms with van der Waals surface area (Å²) in [5, 5.41) is 0. The van der Waals surface area contributed by atoms with Crippen LogP contribution in [0.5, 0.6) is 0 Å². The maximum Gasteiger partial charge on any atom is 0.501 e. The van der Waals surface area contributed by atoms with Crippen molar-refractivity contribution in [2.45, 2.75) is 31.7 Å². The van der Waals surface area contributed by atoms with Gasteiger partial charge < -0.3 is 4.74 Å². The van der Waals surface area contributed by atoms with Gasteiger partial charge in [-0.3, -0.25) is 4.79 Å². The van der Waals surface area contributed by atoms with Gasteiger partial charge in [0, 0.05) is 4.91 Å². The van der Waals surface area contributed by atoms with Crippen molar-refractivity contribution < 1.29 is 31.1 Å². The lowest BCUT2D eigenvalue weighted by molar-refractivity contribution is -0.148. The monoisotopic (exact) mass is 286 g/mol. The Hall–Kier alpha value is -1.05. The van der Waals surface area contributed by atoms with Crippen molar-refractivity contribution in [1.82, 2.24) is 0 Å². The predicted octanol–water partition coefficient (Wildman–Crippen LogP) is 2.17. The summed E-state index contributed by atoms with van der Waals surface area (Å²) in [6.45, 7) is 1.81. The van der Waals surface area contributed by atoms with Gasteiger partial charge in [-0.2, -0.15) is 13.2 Å². The standard InChI is InChI=1S/C10H13F3O4S/c1-2-17-9(14)7-3-5-8(6-4-7)18(15,16)10(11,12)13/h5,7H,2-4,6H2,1H3. The maximum absolute atomic E-state index is 12.3. The van der Waals surface area contributed by atoms with E-state index < -0.39 is 32.1 Å². The molecule has 0 aromatic rings. The molecule has 0 aromatic carbocycles. The van der Waals surface area contributed by atoms with Crippen molar-refractivity contribution in [3.05, 3.63) is 11.0 Å². The second-order valence-electron chi connectivity index (χ2n) is 3.84. The van der Waals surface area contributed by atoms with E-state index in [-0.39, 0.29) is 25.9 Å². The van der Waals surface area contributed by atoms with Crippen LogP contribution in [-0.2, 0) is 19.4 Å². The average molecular weight is 286 g/mol. The molecule has 104 valence electrons. The Morgan fingerprint density at radius 1 is 1.50 bits per heavy atom. The number of ether oxygens (including phenoxy) is 1. The second-order valence-corrected chi connectivity index (χ2v) is 5.84. The number of carbonyl (C=O) groups is 1. The molecular weight excluding hydrogens is 273 g/mol. The molecule has 1 aliphatic carbocycles. The first-order chi connectivity index (χ1) is 8.20. The Morgan fingerprint density at radius 3 is 2.50 bits per heavy atom. The van der Waals surface area contributed by atoms with Crippen LogP contribution in [0.1, 0.15) is 26.2 Å². The topological polar surface area (TPSA) is 60.4 Å². The zero-order chi connectivity index (χ0) is 14.0. The molecule has 0 fully saturated rings. The van der Waals surface area contributed by atoms with Crippen LogP contribution < -0.4 is 0 Å². The Morgan fingerprint density at radius 2 is 2.11 bits per heavy atom. The smallest absolute Gasteiger partial charge is 0.466 e. The third-order valence-electron chi connectivity index (χ3n) is 2.64. The van der Waals surface area contributed by atoms with Crippen molar-refractivity contribution in [1.29, 1.82) is 0 Å². The lowest BCUT2D eigenvalue weighted by atomic mass is 9.94. The van der Waals surface area contributed by atoms with Crippen molar-refractivity contribution in [2.75, 3.05) is 6.61 Å². The highest BCUT2D eigenvalue weighted by Crippen LogP contribution is 2.35. The summed E-state index contributed by atoms with van der Waals surface area (Å²) < 4.78 is 63.8. The molecule has 0 saturated heterocycles. The number of allylic oxidation sites excluding steroid dienone is 2. The fourth-order valence-corrected chi connectivity index (χ4v) is 2.68. The molecule has 0 amide bonds. The number of carbonyl (C=O) groups excluding carboxylic acids is 1. The van der Waals surface area contributed by atoms with E-state index in [4.69, 9.17) is 4.74 Å². The van der Waals surface area contributed by atoms with Gasteiger partial charge in [0.15, 0.2) is 0 Å². The first-order valence-corrected chi connectivity index (χ1v) is 6.85. The van der Waals surface area contributed by atoms with E-state index >= 15 is 0 Å². The quantitative estimate of drug-likeness (QED) is 0.746. The van der Waals surface area contributed by atoms with Crippen LogP contribution in [0.25, 0.3) is 0 Å². The number of esters is 1. The normalized spacial score (nSPS) is 21.3. The van der Waals surface area contributed by atoms with Gasteiger partial charge in [-0.25, -0.2) is 8.42 Å². The van der Waals surface area contributed by atoms with Crippen molar-refractivity contribution in [3.8, 4) is 0 Å². The van der Waals surface area contributed by atoms with Gasteiger partial charge in [-0.1, -0.05) is 6.08 Å². The Kier molecular flexibility index (Phi) is 4.41. The van der Waals surface area contributed by atoms with Gasteiger partial charge in [-0.15, -0.1) is 0 Å². The summed E-state index contributed by atoms with van der Waals surface area (Å²) in [6.07, 6.45) is 0.697. The predicted molar refractivity (Wildman–Crippen MR) is 57.0 cm³/mol. The molecule has 0 heterocycles. The zero-order valence-electron chi connectivity index (χ0n) is 9.66. The summed E-state index contributed by atoms with van der Waals surface area (Å²) >= 11 is 0. The minimum absolute atomic E-state index is 0.0382. The van der Waals surface area contributed by atoms with Gasteiger partial charge in [0.2, 0.25) is 0 Å². The van der Waals surface area contributed by atoms with Crippen LogP contribution in [0.2, 0.25) is 0 Å². The molecule has 0 radical (unpaired) electrons. The molecule has 0 spiro atoms. The number of hydrogen-bond acceptors (Lipinski definition) is 4. The second kappa shape index (κ2) is 5.29. The van der Waals surface area contributed by atoms with Crippen molar-refractivity contribution in [2.24, 2.45) is 5.92 Å².